The Balaban J connectivity index is 3.24. The SMILES string of the molecule is CC/C=C/C=C/C=C\CCCCCCCC(=O)O. The lowest BCUT2D eigenvalue weighted by molar-refractivity contribution is -0.137. The molecule has 0 atom stereocenters. The summed E-state index contributed by atoms with van der Waals surface area (Å²) in [6, 6.07) is 0. The number of hydrogen-bond donors (Lipinski definition) is 1. The first-order chi connectivity index (χ1) is 8.77. The zero-order chi connectivity index (χ0) is 13.5. The van der Waals surface area contributed by atoms with Gasteiger partial charge in [-0.3, -0.25) is 4.79 Å². The molecule has 0 heterocycles. The molecule has 0 fully saturated rings. The van der Waals surface area contributed by atoms with Gasteiger partial charge in [0.25, 0.3) is 0 Å². The van der Waals surface area contributed by atoms with Crippen LogP contribution in [0.5, 0.6) is 0 Å². The number of unbranched alkanes of at least 4 members (excludes halogenated alkanes) is 5. The van der Waals surface area contributed by atoms with Crippen LogP contribution in [0.15, 0.2) is 36.5 Å². The van der Waals surface area contributed by atoms with Crippen LogP contribution in [0.4, 0.5) is 0 Å². The number of hydrogen-bond acceptors (Lipinski definition) is 1. The van der Waals surface area contributed by atoms with Gasteiger partial charge in [-0.1, -0.05) is 62.6 Å². The van der Waals surface area contributed by atoms with Crippen molar-refractivity contribution in [3.63, 3.8) is 0 Å². The van der Waals surface area contributed by atoms with Crippen molar-refractivity contribution in [2.45, 2.75) is 58.3 Å². The van der Waals surface area contributed by atoms with E-state index in [1.165, 1.54) is 12.8 Å². The molecule has 0 aliphatic heterocycles. The average molecular weight is 250 g/mol. The van der Waals surface area contributed by atoms with E-state index in [9.17, 15) is 4.79 Å². The molecule has 0 aliphatic rings. The lowest BCUT2D eigenvalue weighted by Crippen LogP contribution is -1.93. The van der Waals surface area contributed by atoms with E-state index in [0.29, 0.717) is 6.42 Å². The third-order valence-corrected chi connectivity index (χ3v) is 2.60. The van der Waals surface area contributed by atoms with Gasteiger partial charge in [-0.2, -0.15) is 0 Å². The molecule has 18 heavy (non-hydrogen) atoms. The summed E-state index contributed by atoms with van der Waals surface area (Å²) in [7, 11) is 0. The summed E-state index contributed by atoms with van der Waals surface area (Å²) in [6.45, 7) is 2.12. The van der Waals surface area contributed by atoms with Crippen LogP contribution in [0.2, 0.25) is 0 Å². The number of carboxylic acids is 1. The molecular formula is C16H26O2. The number of allylic oxidation sites excluding steroid dienone is 6. The van der Waals surface area contributed by atoms with Crippen LogP contribution in [0.1, 0.15) is 58.3 Å². The molecule has 0 rings (SSSR count). The Labute approximate surface area is 111 Å². The Bertz CT molecular complexity index is 275. The van der Waals surface area contributed by atoms with Gasteiger partial charge in [0.1, 0.15) is 0 Å². The molecule has 0 radical (unpaired) electrons. The lowest BCUT2D eigenvalue weighted by atomic mass is 10.1. The summed E-state index contributed by atoms with van der Waals surface area (Å²) in [5.41, 5.74) is 0. The van der Waals surface area contributed by atoms with Gasteiger partial charge in [0.05, 0.1) is 0 Å². The molecule has 0 aromatic carbocycles. The maximum Gasteiger partial charge on any atom is 0.303 e. The largest absolute Gasteiger partial charge is 0.481 e. The molecule has 2 nitrogen and oxygen atoms in total. The number of rotatable bonds is 11. The monoisotopic (exact) mass is 250 g/mol. The van der Waals surface area contributed by atoms with Gasteiger partial charge in [0.2, 0.25) is 0 Å². The average Bonchev–Trinajstić information content (AvgIpc) is 2.34. The van der Waals surface area contributed by atoms with Crippen LogP contribution < -0.4 is 0 Å². The van der Waals surface area contributed by atoms with Crippen molar-refractivity contribution in [2.24, 2.45) is 0 Å². The van der Waals surface area contributed by atoms with Gasteiger partial charge in [0.15, 0.2) is 0 Å². The highest BCUT2D eigenvalue weighted by Crippen LogP contribution is 2.07. The summed E-state index contributed by atoms with van der Waals surface area (Å²) >= 11 is 0. The van der Waals surface area contributed by atoms with Gasteiger partial charge in [-0.15, -0.1) is 0 Å². The van der Waals surface area contributed by atoms with E-state index in [4.69, 9.17) is 5.11 Å². The summed E-state index contributed by atoms with van der Waals surface area (Å²) in [6.07, 6.45) is 20.5. The van der Waals surface area contributed by atoms with E-state index in [2.05, 4.69) is 37.3 Å². The number of carboxylic acid groups (broad SMARTS) is 1. The third-order valence-electron chi connectivity index (χ3n) is 2.60. The summed E-state index contributed by atoms with van der Waals surface area (Å²) in [4.78, 5) is 10.3. The van der Waals surface area contributed by atoms with E-state index in [0.717, 1.165) is 32.1 Å². The van der Waals surface area contributed by atoms with Gasteiger partial charge >= 0.3 is 5.97 Å². The molecule has 102 valence electrons. The highest BCUT2D eigenvalue weighted by molar-refractivity contribution is 5.66. The minimum atomic E-state index is -0.679. The smallest absolute Gasteiger partial charge is 0.303 e. The zero-order valence-electron chi connectivity index (χ0n) is 11.5. The molecule has 0 saturated carbocycles. The second-order valence-electron chi connectivity index (χ2n) is 4.35. The molecular weight excluding hydrogens is 224 g/mol. The first kappa shape index (κ1) is 16.7. The molecule has 0 spiro atoms. The second-order valence-corrected chi connectivity index (χ2v) is 4.35. The van der Waals surface area contributed by atoms with Crippen LogP contribution in [0.3, 0.4) is 0 Å². The second kappa shape index (κ2) is 13.8. The Hall–Kier alpha value is -1.31. The van der Waals surface area contributed by atoms with E-state index in [1.54, 1.807) is 0 Å². The van der Waals surface area contributed by atoms with Crippen molar-refractivity contribution in [3.05, 3.63) is 36.5 Å². The molecule has 2 heteroatoms. The first-order valence-corrected chi connectivity index (χ1v) is 6.97. The number of carbonyl (C=O) groups is 1. The molecule has 0 saturated heterocycles. The molecule has 0 aromatic rings. The maximum atomic E-state index is 10.3. The first-order valence-electron chi connectivity index (χ1n) is 6.97. The molecule has 0 aromatic heterocycles. The van der Waals surface area contributed by atoms with E-state index in [1.807, 2.05) is 6.08 Å². The normalized spacial score (nSPS) is 12.1. The van der Waals surface area contributed by atoms with Gasteiger partial charge in [-0.05, 0) is 25.7 Å². The predicted octanol–water partition coefficient (Wildman–Crippen LogP) is 4.88. The Morgan fingerprint density at radius 1 is 0.889 bits per heavy atom. The molecule has 0 unspecified atom stereocenters. The fraction of sp³-hybridized carbons (Fsp3) is 0.562. The van der Waals surface area contributed by atoms with Crippen LogP contribution in [-0.4, -0.2) is 11.1 Å². The topological polar surface area (TPSA) is 37.3 Å². The van der Waals surface area contributed by atoms with Crippen molar-refractivity contribution in [3.8, 4) is 0 Å². The van der Waals surface area contributed by atoms with Gasteiger partial charge in [0, 0.05) is 6.42 Å². The van der Waals surface area contributed by atoms with Crippen molar-refractivity contribution < 1.29 is 9.90 Å². The van der Waals surface area contributed by atoms with E-state index >= 15 is 0 Å². The van der Waals surface area contributed by atoms with E-state index < -0.39 is 5.97 Å². The molecule has 0 aliphatic carbocycles. The zero-order valence-corrected chi connectivity index (χ0v) is 11.5. The highest BCUT2D eigenvalue weighted by atomic mass is 16.4. The Kier molecular flexibility index (Phi) is 12.8. The van der Waals surface area contributed by atoms with Crippen LogP contribution in [0.25, 0.3) is 0 Å². The van der Waals surface area contributed by atoms with Crippen molar-refractivity contribution in [1.82, 2.24) is 0 Å². The van der Waals surface area contributed by atoms with Crippen molar-refractivity contribution in [2.75, 3.05) is 0 Å². The van der Waals surface area contributed by atoms with Crippen LogP contribution in [0, 0.1) is 0 Å². The standard InChI is InChI=1S/C16H26O2/c1-2-3-4-5-6-7-8-9-10-11-12-13-14-15-16(17)18/h3-8H,2,9-15H2,1H3,(H,17,18)/b4-3+,6-5+,8-7-. The summed E-state index contributed by atoms with van der Waals surface area (Å²) < 4.78 is 0. The van der Waals surface area contributed by atoms with Gasteiger partial charge in [-0.25, -0.2) is 0 Å². The molecule has 0 bridgehead atoms. The van der Waals surface area contributed by atoms with Crippen molar-refractivity contribution in [1.29, 1.82) is 0 Å². The van der Waals surface area contributed by atoms with Crippen LogP contribution >= 0.6 is 0 Å². The molecule has 1 N–H and O–H groups in total. The lowest BCUT2D eigenvalue weighted by Gasteiger charge is -1.97. The fourth-order valence-corrected chi connectivity index (χ4v) is 1.59. The number of aliphatic carboxylic acids is 1. The predicted molar refractivity (Wildman–Crippen MR) is 77.7 cm³/mol. The fourth-order valence-electron chi connectivity index (χ4n) is 1.59. The summed E-state index contributed by atoms with van der Waals surface area (Å²) in [5.74, 6) is -0.679. The van der Waals surface area contributed by atoms with Gasteiger partial charge < -0.3 is 5.11 Å². The minimum Gasteiger partial charge on any atom is -0.481 e. The quantitative estimate of drug-likeness (QED) is 0.419. The Morgan fingerprint density at radius 3 is 2.17 bits per heavy atom. The van der Waals surface area contributed by atoms with Crippen LogP contribution in [-0.2, 0) is 4.79 Å². The van der Waals surface area contributed by atoms with Crippen molar-refractivity contribution >= 4 is 5.97 Å². The maximum absolute atomic E-state index is 10.3. The third kappa shape index (κ3) is 14.7. The minimum absolute atomic E-state index is 0.315. The highest BCUT2D eigenvalue weighted by Gasteiger charge is 1.95. The summed E-state index contributed by atoms with van der Waals surface area (Å²) in [5, 5.41) is 8.47. The molecule has 0 amide bonds. The van der Waals surface area contributed by atoms with E-state index in [-0.39, 0.29) is 0 Å². The Morgan fingerprint density at radius 2 is 1.50 bits per heavy atom.